The Morgan fingerprint density at radius 2 is 2.19 bits per heavy atom. The molecule has 6 heteroatoms. The van der Waals surface area contributed by atoms with Crippen LogP contribution in [0.5, 0.6) is 0 Å². The lowest BCUT2D eigenvalue weighted by atomic mass is 10.2. The number of carboxylic acid groups (broad SMARTS) is 1. The van der Waals surface area contributed by atoms with Gasteiger partial charge in [0.1, 0.15) is 11.5 Å². The monoisotopic (exact) mass is 247 g/mol. The van der Waals surface area contributed by atoms with Crippen molar-refractivity contribution >= 4 is 23.6 Å². The second-order valence-electron chi connectivity index (χ2n) is 3.04. The minimum Gasteiger partial charge on any atom is -0.478 e. The molecule has 0 spiro atoms. The molecule has 88 valence electrons. The molecule has 0 atom stereocenters. The van der Waals surface area contributed by atoms with Crippen LogP contribution in [0.15, 0.2) is 12.1 Å². The molecule has 0 unspecified atom stereocenters. The van der Waals surface area contributed by atoms with Crippen LogP contribution in [0.2, 0.25) is 0 Å². The van der Waals surface area contributed by atoms with Gasteiger partial charge in [-0.2, -0.15) is 0 Å². The van der Waals surface area contributed by atoms with Crippen LogP contribution in [-0.4, -0.2) is 16.8 Å². The summed E-state index contributed by atoms with van der Waals surface area (Å²) in [7, 11) is 0. The number of nitrogens with one attached hydrogen (secondary N) is 1. The topological polar surface area (TPSA) is 49.3 Å². The second kappa shape index (κ2) is 5.69. The number of hydrogen-bond donors (Lipinski definition) is 2. The first-order valence-corrected chi connectivity index (χ1v) is 5.65. The minimum atomic E-state index is -1.42. The molecule has 0 radical (unpaired) electrons. The number of halogens is 2. The Hall–Kier alpha value is -1.30. The quantitative estimate of drug-likeness (QED) is 0.620. The normalized spacial score (nSPS) is 10.2. The summed E-state index contributed by atoms with van der Waals surface area (Å²) in [6.07, 6.45) is 0.847. The fourth-order valence-corrected chi connectivity index (χ4v) is 1.67. The van der Waals surface area contributed by atoms with Crippen LogP contribution in [0.3, 0.4) is 0 Å². The average Bonchev–Trinajstić information content (AvgIpc) is 2.22. The van der Waals surface area contributed by atoms with E-state index < -0.39 is 28.9 Å². The molecule has 0 fully saturated rings. The van der Waals surface area contributed by atoms with Crippen molar-refractivity contribution in [2.75, 3.05) is 10.5 Å². The van der Waals surface area contributed by atoms with E-state index in [4.69, 9.17) is 5.11 Å². The zero-order valence-corrected chi connectivity index (χ0v) is 9.41. The van der Waals surface area contributed by atoms with Gasteiger partial charge >= 0.3 is 5.97 Å². The van der Waals surface area contributed by atoms with E-state index in [2.05, 4.69) is 4.72 Å². The van der Waals surface area contributed by atoms with Gasteiger partial charge in [-0.15, -0.1) is 0 Å². The van der Waals surface area contributed by atoms with Gasteiger partial charge < -0.3 is 9.83 Å². The van der Waals surface area contributed by atoms with Crippen LogP contribution >= 0.6 is 11.9 Å². The van der Waals surface area contributed by atoms with Crippen molar-refractivity contribution in [1.82, 2.24) is 0 Å². The molecule has 1 aromatic carbocycles. The highest BCUT2D eigenvalue weighted by molar-refractivity contribution is 8.00. The molecular weight excluding hydrogens is 236 g/mol. The van der Waals surface area contributed by atoms with E-state index in [-0.39, 0.29) is 0 Å². The van der Waals surface area contributed by atoms with E-state index in [0.29, 0.717) is 5.75 Å². The van der Waals surface area contributed by atoms with Gasteiger partial charge in [-0.05, 0) is 18.6 Å². The maximum absolute atomic E-state index is 13.5. The van der Waals surface area contributed by atoms with E-state index in [1.165, 1.54) is 0 Å². The van der Waals surface area contributed by atoms with Crippen LogP contribution in [0.25, 0.3) is 0 Å². The van der Waals surface area contributed by atoms with Crippen LogP contribution in [0.1, 0.15) is 23.7 Å². The maximum atomic E-state index is 13.5. The van der Waals surface area contributed by atoms with Crippen LogP contribution in [0.4, 0.5) is 14.5 Å². The Morgan fingerprint density at radius 1 is 1.50 bits per heavy atom. The van der Waals surface area contributed by atoms with E-state index in [1.807, 2.05) is 6.92 Å². The highest BCUT2D eigenvalue weighted by Gasteiger charge is 2.17. The van der Waals surface area contributed by atoms with Crippen molar-refractivity contribution in [1.29, 1.82) is 0 Å². The SMILES string of the molecule is CCCSNc1c(F)ccc(C(=O)O)c1F. The summed E-state index contributed by atoms with van der Waals surface area (Å²) in [5.41, 5.74) is -0.945. The molecule has 0 heterocycles. The second-order valence-corrected chi connectivity index (χ2v) is 3.94. The lowest BCUT2D eigenvalue weighted by Crippen LogP contribution is -2.05. The first-order chi connectivity index (χ1) is 7.57. The van der Waals surface area contributed by atoms with Crippen LogP contribution in [-0.2, 0) is 0 Å². The maximum Gasteiger partial charge on any atom is 0.338 e. The molecule has 3 nitrogen and oxygen atoms in total. The summed E-state index contributed by atoms with van der Waals surface area (Å²) in [4.78, 5) is 10.6. The number of benzene rings is 1. The number of rotatable bonds is 5. The zero-order chi connectivity index (χ0) is 12.1. The van der Waals surface area contributed by atoms with Crippen molar-refractivity contribution in [3.8, 4) is 0 Å². The molecule has 1 aromatic rings. The van der Waals surface area contributed by atoms with E-state index in [1.54, 1.807) is 0 Å². The van der Waals surface area contributed by atoms with Crippen molar-refractivity contribution in [3.05, 3.63) is 29.3 Å². The summed E-state index contributed by atoms with van der Waals surface area (Å²) in [6.45, 7) is 1.93. The van der Waals surface area contributed by atoms with E-state index in [0.717, 1.165) is 30.5 Å². The van der Waals surface area contributed by atoms with Gasteiger partial charge in [-0.1, -0.05) is 18.9 Å². The van der Waals surface area contributed by atoms with Gasteiger partial charge in [0.05, 0.1) is 5.56 Å². The summed E-state index contributed by atoms with van der Waals surface area (Å²) >= 11 is 1.13. The highest BCUT2D eigenvalue weighted by Crippen LogP contribution is 2.24. The van der Waals surface area contributed by atoms with Crippen molar-refractivity contribution < 1.29 is 18.7 Å². The Balaban J connectivity index is 2.97. The first kappa shape index (κ1) is 12.8. The number of anilines is 1. The third-order valence-electron chi connectivity index (χ3n) is 1.80. The molecule has 0 aliphatic rings. The largest absolute Gasteiger partial charge is 0.478 e. The molecule has 0 saturated carbocycles. The van der Waals surface area contributed by atoms with Gasteiger partial charge in [0.2, 0.25) is 0 Å². The number of hydrogen-bond acceptors (Lipinski definition) is 3. The summed E-state index contributed by atoms with van der Waals surface area (Å²) in [6, 6.07) is 1.84. The van der Waals surface area contributed by atoms with E-state index in [9.17, 15) is 13.6 Å². The number of carboxylic acids is 1. The predicted molar refractivity (Wildman–Crippen MR) is 59.7 cm³/mol. The highest BCUT2D eigenvalue weighted by atomic mass is 32.2. The van der Waals surface area contributed by atoms with Gasteiger partial charge in [0, 0.05) is 5.75 Å². The number of aromatic carboxylic acids is 1. The molecule has 0 saturated heterocycles. The van der Waals surface area contributed by atoms with Crippen molar-refractivity contribution in [3.63, 3.8) is 0 Å². The lowest BCUT2D eigenvalue weighted by molar-refractivity contribution is 0.0692. The first-order valence-electron chi connectivity index (χ1n) is 4.67. The fourth-order valence-electron chi connectivity index (χ4n) is 1.04. The Labute approximate surface area is 96.0 Å². The van der Waals surface area contributed by atoms with Crippen molar-refractivity contribution in [2.45, 2.75) is 13.3 Å². The molecule has 2 N–H and O–H groups in total. The molecular formula is C10H11F2NO2S. The molecule has 0 bridgehead atoms. The van der Waals surface area contributed by atoms with Gasteiger partial charge in [0.25, 0.3) is 0 Å². The molecule has 0 aliphatic carbocycles. The molecule has 1 rings (SSSR count). The molecule has 0 aliphatic heterocycles. The summed E-state index contributed by atoms with van der Waals surface area (Å²) < 4.78 is 29.2. The third kappa shape index (κ3) is 2.85. The standard InChI is InChI=1S/C10H11F2NO2S/c1-2-5-16-13-9-7(11)4-3-6(8(9)12)10(14)15/h3-4,13H,2,5H2,1H3,(H,14,15). The third-order valence-corrected chi connectivity index (χ3v) is 2.76. The van der Waals surface area contributed by atoms with Crippen LogP contribution in [0, 0.1) is 11.6 Å². The predicted octanol–water partition coefficient (Wildman–Crippen LogP) is 3.13. The van der Waals surface area contributed by atoms with E-state index >= 15 is 0 Å². The zero-order valence-electron chi connectivity index (χ0n) is 8.59. The smallest absolute Gasteiger partial charge is 0.338 e. The molecule has 16 heavy (non-hydrogen) atoms. The minimum absolute atomic E-state index is 0.404. The summed E-state index contributed by atoms with van der Waals surface area (Å²) in [5.74, 6) is -2.61. The Morgan fingerprint density at radius 3 is 2.75 bits per heavy atom. The van der Waals surface area contributed by atoms with Gasteiger partial charge in [-0.3, -0.25) is 0 Å². The number of carbonyl (C=O) groups is 1. The van der Waals surface area contributed by atoms with Gasteiger partial charge in [-0.25, -0.2) is 13.6 Å². The Bertz CT molecular complexity index is 399. The Kier molecular flexibility index (Phi) is 4.54. The molecule has 0 aromatic heterocycles. The fraction of sp³-hybridized carbons (Fsp3) is 0.300. The van der Waals surface area contributed by atoms with Crippen LogP contribution < -0.4 is 4.72 Å². The summed E-state index contributed by atoms with van der Waals surface area (Å²) in [5, 5.41) is 8.66. The average molecular weight is 247 g/mol. The van der Waals surface area contributed by atoms with Crippen molar-refractivity contribution in [2.24, 2.45) is 0 Å². The van der Waals surface area contributed by atoms with Gasteiger partial charge in [0.15, 0.2) is 5.82 Å². The lowest BCUT2D eigenvalue weighted by Gasteiger charge is -2.08. The molecule has 0 amide bonds.